The van der Waals surface area contributed by atoms with Gasteiger partial charge in [0.1, 0.15) is 0 Å². The first kappa shape index (κ1) is 16.9. The maximum absolute atomic E-state index is 12.1. The van der Waals surface area contributed by atoms with Gasteiger partial charge in [-0.05, 0) is 73.6 Å². The summed E-state index contributed by atoms with van der Waals surface area (Å²) in [5.41, 5.74) is 3.55. The van der Waals surface area contributed by atoms with Gasteiger partial charge in [0.15, 0.2) is 5.11 Å². The van der Waals surface area contributed by atoms with Gasteiger partial charge in [-0.3, -0.25) is 10.1 Å². The van der Waals surface area contributed by atoms with E-state index in [1.165, 1.54) is 0 Å². The van der Waals surface area contributed by atoms with E-state index >= 15 is 0 Å². The van der Waals surface area contributed by atoms with Crippen molar-refractivity contribution in [2.75, 3.05) is 5.32 Å². The number of hydrogen-bond donors (Lipinski definition) is 2. The van der Waals surface area contributed by atoms with Crippen LogP contribution in [0, 0.1) is 13.8 Å². The quantitative estimate of drug-likeness (QED) is 0.712. The number of rotatable bonds is 2. The fraction of sp³-hybridized carbons (Fsp3) is 0.125. The number of nitrogens with one attached hydrogen (secondary N) is 2. The standard InChI is InChI=1S/C16H14BrClN2OS/c1-9-10(2)14(8-7-13(9)17)19-16(22)20-15(21)11-3-5-12(18)6-4-11/h3-8H,1-2H3,(H2,19,20,21,22). The normalized spacial score (nSPS) is 10.2. The van der Waals surface area contributed by atoms with Crippen LogP contribution in [-0.2, 0) is 0 Å². The smallest absolute Gasteiger partial charge is 0.257 e. The van der Waals surface area contributed by atoms with Crippen molar-refractivity contribution in [3.05, 3.63) is 62.6 Å². The predicted octanol–water partition coefficient (Wildman–Crippen LogP) is 4.85. The summed E-state index contributed by atoms with van der Waals surface area (Å²) in [6.07, 6.45) is 0. The van der Waals surface area contributed by atoms with Crippen molar-refractivity contribution in [2.45, 2.75) is 13.8 Å². The molecule has 0 aliphatic rings. The molecule has 0 aliphatic heterocycles. The van der Waals surface area contributed by atoms with Gasteiger partial charge in [-0.15, -0.1) is 0 Å². The highest BCUT2D eigenvalue weighted by Crippen LogP contribution is 2.25. The number of anilines is 1. The zero-order valence-corrected chi connectivity index (χ0v) is 15.2. The van der Waals surface area contributed by atoms with Crippen molar-refractivity contribution in [1.29, 1.82) is 0 Å². The van der Waals surface area contributed by atoms with E-state index in [2.05, 4.69) is 26.6 Å². The molecule has 2 aromatic carbocycles. The number of halogens is 2. The third-order valence-electron chi connectivity index (χ3n) is 3.30. The first-order valence-corrected chi connectivity index (χ1v) is 8.10. The maximum Gasteiger partial charge on any atom is 0.257 e. The average molecular weight is 398 g/mol. The molecule has 0 unspecified atom stereocenters. The average Bonchev–Trinajstić information content (AvgIpc) is 2.48. The highest BCUT2D eigenvalue weighted by molar-refractivity contribution is 9.10. The van der Waals surface area contributed by atoms with Crippen LogP contribution in [0.4, 0.5) is 5.69 Å². The number of hydrogen-bond acceptors (Lipinski definition) is 2. The lowest BCUT2D eigenvalue weighted by atomic mass is 10.1. The first-order chi connectivity index (χ1) is 10.4. The van der Waals surface area contributed by atoms with E-state index < -0.39 is 0 Å². The predicted molar refractivity (Wildman–Crippen MR) is 98.8 cm³/mol. The van der Waals surface area contributed by atoms with Crippen LogP contribution in [0.1, 0.15) is 21.5 Å². The van der Waals surface area contributed by atoms with Gasteiger partial charge < -0.3 is 5.32 Å². The fourth-order valence-corrected chi connectivity index (χ4v) is 2.61. The lowest BCUT2D eigenvalue weighted by molar-refractivity contribution is 0.0978. The molecule has 1 amide bonds. The summed E-state index contributed by atoms with van der Waals surface area (Å²) in [5.74, 6) is -0.277. The molecule has 2 N–H and O–H groups in total. The monoisotopic (exact) mass is 396 g/mol. The minimum Gasteiger partial charge on any atom is -0.332 e. The molecule has 0 fully saturated rings. The second-order valence-electron chi connectivity index (χ2n) is 4.76. The highest BCUT2D eigenvalue weighted by Gasteiger charge is 2.10. The molecule has 0 heterocycles. The first-order valence-electron chi connectivity index (χ1n) is 6.52. The highest BCUT2D eigenvalue weighted by atomic mass is 79.9. The Morgan fingerprint density at radius 3 is 2.36 bits per heavy atom. The Kier molecular flexibility index (Phi) is 5.56. The van der Waals surface area contributed by atoms with Crippen molar-refractivity contribution in [3.63, 3.8) is 0 Å². The third kappa shape index (κ3) is 4.06. The number of carbonyl (C=O) groups excluding carboxylic acids is 1. The summed E-state index contributed by atoms with van der Waals surface area (Å²) in [6, 6.07) is 10.5. The number of amides is 1. The lowest BCUT2D eigenvalue weighted by Crippen LogP contribution is -2.34. The molecule has 114 valence electrons. The zero-order chi connectivity index (χ0) is 16.3. The molecular weight excluding hydrogens is 384 g/mol. The van der Waals surface area contributed by atoms with Gasteiger partial charge in [-0.25, -0.2) is 0 Å². The molecule has 22 heavy (non-hydrogen) atoms. The lowest BCUT2D eigenvalue weighted by Gasteiger charge is -2.14. The van der Waals surface area contributed by atoms with Crippen LogP contribution < -0.4 is 10.6 Å². The van der Waals surface area contributed by atoms with Gasteiger partial charge in [0.05, 0.1) is 0 Å². The Labute approximate surface area is 148 Å². The number of benzene rings is 2. The summed E-state index contributed by atoms with van der Waals surface area (Å²) in [4.78, 5) is 12.1. The molecule has 0 saturated heterocycles. The molecule has 0 bridgehead atoms. The molecule has 2 rings (SSSR count). The van der Waals surface area contributed by atoms with Crippen molar-refractivity contribution in [1.82, 2.24) is 5.32 Å². The summed E-state index contributed by atoms with van der Waals surface area (Å²) >= 11 is 14.5. The summed E-state index contributed by atoms with van der Waals surface area (Å²) < 4.78 is 1.03. The minimum atomic E-state index is -0.277. The molecular formula is C16H14BrClN2OS. The number of carbonyl (C=O) groups is 1. The molecule has 2 aromatic rings. The van der Waals surface area contributed by atoms with Gasteiger partial charge >= 0.3 is 0 Å². The summed E-state index contributed by atoms with van der Waals surface area (Å²) in [5, 5.41) is 6.53. The molecule has 0 spiro atoms. The Morgan fingerprint density at radius 2 is 1.73 bits per heavy atom. The second-order valence-corrected chi connectivity index (χ2v) is 6.46. The van der Waals surface area contributed by atoms with Crippen LogP contribution in [-0.4, -0.2) is 11.0 Å². The summed E-state index contributed by atoms with van der Waals surface area (Å²) in [6.45, 7) is 4.01. The number of thiocarbonyl (C=S) groups is 1. The van der Waals surface area contributed by atoms with Crippen molar-refractivity contribution in [2.24, 2.45) is 0 Å². The van der Waals surface area contributed by atoms with E-state index in [0.29, 0.717) is 10.6 Å². The topological polar surface area (TPSA) is 41.1 Å². The van der Waals surface area contributed by atoms with Crippen LogP contribution in [0.25, 0.3) is 0 Å². The minimum absolute atomic E-state index is 0.254. The van der Waals surface area contributed by atoms with Crippen LogP contribution in [0.2, 0.25) is 5.02 Å². The SMILES string of the molecule is Cc1c(Br)ccc(NC(=S)NC(=O)c2ccc(Cl)cc2)c1C. The largest absolute Gasteiger partial charge is 0.332 e. The molecule has 3 nitrogen and oxygen atoms in total. The van der Waals surface area contributed by atoms with Crippen LogP contribution in [0.3, 0.4) is 0 Å². The van der Waals surface area contributed by atoms with Crippen molar-refractivity contribution >= 4 is 56.5 Å². The van der Waals surface area contributed by atoms with Gasteiger partial charge in [-0.2, -0.15) is 0 Å². The van der Waals surface area contributed by atoms with Crippen LogP contribution in [0.5, 0.6) is 0 Å². The third-order valence-corrected chi connectivity index (χ3v) is 4.62. The van der Waals surface area contributed by atoms with E-state index in [1.54, 1.807) is 24.3 Å². The van der Waals surface area contributed by atoms with E-state index in [-0.39, 0.29) is 11.0 Å². The van der Waals surface area contributed by atoms with E-state index in [9.17, 15) is 4.79 Å². The van der Waals surface area contributed by atoms with Crippen LogP contribution >= 0.6 is 39.7 Å². The molecule has 0 aliphatic carbocycles. The van der Waals surface area contributed by atoms with Gasteiger partial charge in [0.2, 0.25) is 0 Å². The molecule has 0 aromatic heterocycles. The van der Waals surface area contributed by atoms with Crippen molar-refractivity contribution in [3.8, 4) is 0 Å². The fourth-order valence-electron chi connectivity index (χ4n) is 1.85. The van der Waals surface area contributed by atoms with Gasteiger partial charge in [0.25, 0.3) is 5.91 Å². The Bertz CT molecular complexity index is 732. The van der Waals surface area contributed by atoms with Crippen molar-refractivity contribution < 1.29 is 4.79 Å². The van der Waals surface area contributed by atoms with Gasteiger partial charge in [-0.1, -0.05) is 27.5 Å². The van der Waals surface area contributed by atoms with E-state index in [1.807, 2.05) is 26.0 Å². The molecule has 0 saturated carbocycles. The van der Waals surface area contributed by atoms with Crippen LogP contribution in [0.15, 0.2) is 40.9 Å². The Hall–Kier alpha value is -1.43. The zero-order valence-electron chi connectivity index (χ0n) is 12.0. The Morgan fingerprint density at radius 1 is 1.09 bits per heavy atom. The second kappa shape index (κ2) is 7.22. The van der Waals surface area contributed by atoms with E-state index in [0.717, 1.165) is 21.3 Å². The molecule has 6 heteroatoms. The van der Waals surface area contributed by atoms with E-state index in [4.69, 9.17) is 23.8 Å². The Balaban J connectivity index is 2.06. The maximum atomic E-state index is 12.1. The summed E-state index contributed by atoms with van der Waals surface area (Å²) in [7, 11) is 0. The molecule has 0 atom stereocenters. The van der Waals surface area contributed by atoms with Gasteiger partial charge in [0, 0.05) is 20.7 Å². The molecule has 0 radical (unpaired) electrons.